The number of hydrogen-bond acceptors (Lipinski definition) is 3. The second-order valence-corrected chi connectivity index (χ2v) is 4.18. The van der Waals surface area contributed by atoms with Crippen LogP contribution in [0.15, 0.2) is 28.7 Å². The number of carboxylic acids is 1. The lowest BCUT2D eigenvalue weighted by Crippen LogP contribution is -2.00. The van der Waals surface area contributed by atoms with Crippen LogP contribution in [0, 0.1) is 6.92 Å². The second kappa shape index (κ2) is 4.66. The zero-order chi connectivity index (χ0) is 13.3. The van der Waals surface area contributed by atoms with Crippen molar-refractivity contribution in [2.24, 2.45) is 0 Å². The predicted octanol–water partition coefficient (Wildman–Crippen LogP) is 3.42. The summed E-state index contributed by atoms with van der Waals surface area (Å²) in [5.41, 5.74) is 1.11. The number of halogens is 1. The van der Waals surface area contributed by atoms with Crippen LogP contribution in [0.1, 0.15) is 26.5 Å². The molecule has 1 aromatic heterocycles. The number of aromatic carboxylic acids is 1. The second-order valence-electron chi connectivity index (χ2n) is 3.77. The Balaban J connectivity index is 2.65. The maximum atomic E-state index is 11.2. The molecule has 2 rings (SSSR count). The van der Waals surface area contributed by atoms with E-state index in [1.807, 2.05) is 0 Å². The molecule has 0 atom stereocenters. The van der Waals surface area contributed by atoms with Crippen molar-refractivity contribution in [1.82, 2.24) is 0 Å². The first-order chi connectivity index (χ1) is 8.52. The Morgan fingerprint density at radius 1 is 1.39 bits per heavy atom. The number of furan rings is 1. The number of benzene rings is 1. The van der Waals surface area contributed by atoms with Crippen LogP contribution in [0.5, 0.6) is 0 Å². The van der Waals surface area contributed by atoms with E-state index >= 15 is 0 Å². The lowest BCUT2D eigenvalue weighted by Gasteiger charge is -2.06. The Kier molecular flexibility index (Phi) is 3.21. The number of rotatable bonds is 3. The van der Waals surface area contributed by atoms with Crippen molar-refractivity contribution in [3.05, 3.63) is 46.2 Å². The molecule has 0 aliphatic heterocycles. The molecule has 0 radical (unpaired) electrons. The van der Waals surface area contributed by atoms with Crippen molar-refractivity contribution < 1.29 is 19.1 Å². The van der Waals surface area contributed by atoms with Crippen LogP contribution in [0.25, 0.3) is 11.3 Å². The average molecular weight is 265 g/mol. The average Bonchev–Trinajstić information content (AvgIpc) is 2.80. The topological polar surface area (TPSA) is 67.5 Å². The van der Waals surface area contributed by atoms with E-state index in [1.54, 1.807) is 6.92 Å². The monoisotopic (exact) mass is 264 g/mol. The molecule has 0 unspecified atom stereocenters. The van der Waals surface area contributed by atoms with Crippen LogP contribution in [-0.2, 0) is 0 Å². The van der Waals surface area contributed by atoms with E-state index in [-0.39, 0.29) is 11.3 Å². The van der Waals surface area contributed by atoms with Crippen molar-refractivity contribution in [3.8, 4) is 11.3 Å². The van der Waals surface area contributed by atoms with Gasteiger partial charge in [-0.3, -0.25) is 4.79 Å². The van der Waals surface area contributed by atoms with E-state index in [0.717, 1.165) is 0 Å². The highest BCUT2D eigenvalue weighted by Crippen LogP contribution is 2.30. The molecule has 2 aromatic rings. The fraction of sp³-hybridized carbons (Fsp3) is 0.0769. The van der Waals surface area contributed by atoms with Gasteiger partial charge in [-0.1, -0.05) is 11.6 Å². The van der Waals surface area contributed by atoms with Gasteiger partial charge in [-0.25, -0.2) is 4.79 Å². The van der Waals surface area contributed by atoms with E-state index in [4.69, 9.17) is 21.1 Å². The first-order valence-corrected chi connectivity index (χ1v) is 5.49. The summed E-state index contributed by atoms with van der Waals surface area (Å²) in [6, 6.07) is 6.01. The van der Waals surface area contributed by atoms with E-state index in [1.165, 1.54) is 24.3 Å². The summed E-state index contributed by atoms with van der Waals surface area (Å²) in [5.74, 6) is -0.636. The van der Waals surface area contributed by atoms with E-state index < -0.39 is 5.97 Å². The first kappa shape index (κ1) is 12.4. The largest absolute Gasteiger partial charge is 0.478 e. The third kappa shape index (κ3) is 2.15. The Hall–Kier alpha value is -2.07. The summed E-state index contributed by atoms with van der Waals surface area (Å²) in [5, 5.41) is 9.60. The third-order valence-electron chi connectivity index (χ3n) is 2.54. The lowest BCUT2D eigenvalue weighted by molar-refractivity contribution is 0.0697. The van der Waals surface area contributed by atoms with Gasteiger partial charge in [0.05, 0.1) is 5.56 Å². The molecule has 0 saturated carbocycles. The fourth-order valence-electron chi connectivity index (χ4n) is 1.62. The minimum Gasteiger partial charge on any atom is -0.478 e. The molecule has 1 heterocycles. The number of hydrogen-bond donors (Lipinski definition) is 1. The minimum atomic E-state index is -1.08. The van der Waals surface area contributed by atoms with Gasteiger partial charge in [-0.2, -0.15) is 0 Å². The van der Waals surface area contributed by atoms with Crippen LogP contribution in [0.2, 0.25) is 5.02 Å². The molecule has 0 amide bonds. The molecular formula is C13H9ClO4. The van der Waals surface area contributed by atoms with Crippen LogP contribution in [-0.4, -0.2) is 17.4 Å². The van der Waals surface area contributed by atoms with Gasteiger partial charge in [0, 0.05) is 10.6 Å². The molecule has 0 fully saturated rings. The van der Waals surface area contributed by atoms with Gasteiger partial charge >= 0.3 is 5.97 Å². The summed E-state index contributed by atoms with van der Waals surface area (Å²) in [7, 11) is 0. The lowest BCUT2D eigenvalue weighted by atomic mass is 10.0. The highest BCUT2D eigenvalue weighted by molar-refractivity contribution is 6.31. The smallest absolute Gasteiger partial charge is 0.336 e. The first-order valence-electron chi connectivity index (χ1n) is 5.11. The molecule has 0 saturated heterocycles. The fourth-order valence-corrected chi connectivity index (χ4v) is 1.79. The van der Waals surface area contributed by atoms with Crippen molar-refractivity contribution in [2.45, 2.75) is 6.92 Å². The van der Waals surface area contributed by atoms with Crippen molar-refractivity contribution in [1.29, 1.82) is 0 Å². The molecule has 0 aliphatic carbocycles. The number of carbonyl (C=O) groups excluding carboxylic acids is 1. The molecule has 5 heteroatoms. The molecule has 18 heavy (non-hydrogen) atoms. The molecule has 1 aromatic carbocycles. The maximum absolute atomic E-state index is 11.2. The van der Waals surface area contributed by atoms with Gasteiger partial charge < -0.3 is 9.52 Å². The SMILES string of the molecule is Cc1cc(C(=O)O)c(-c2ccc(C=O)o2)cc1Cl. The maximum Gasteiger partial charge on any atom is 0.336 e. The Morgan fingerprint density at radius 3 is 2.67 bits per heavy atom. The van der Waals surface area contributed by atoms with Crippen molar-refractivity contribution in [2.75, 3.05) is 0 Å². The highest BCUT2D eigenvalue weighted by atomic mass is 35.5. The molecule has 0 aliphatic rings. The van der Waals surface area contributed by atoms with Crippen LogP contribution >= 0.6 is 11.6 Å². The Morgan fingerprint density at radius 2 is 2.11 bits per heavy atom. The number of aldehydes is 1. The summed E-state index contributed by atoms with van der Waals surface area (Å²) in [6.45, 7) is 1.72. The molecule has 92 valence electrons. The molecular weight excluding hydrogens is 256 g/mol. The molecule has 4 nitrogen and oxygen atoms in total. The molecule has 1 N–H and O–H groups in total. The summed E-state index contributed by atoms with van der Waals surface area (Å²) in [6.07, 6.45) is 0.555. The van der Waals surface area contributed by atoms with Gasteiger partial charge in [0.2, 0.25) is 0 Å². The van der Waals surface area contributed by atoms with Gasteiger partial charge in [-0.05, 0) is 36.8 Å². The standard InChI is InChI=1S/C13H9ClO4/c1-7-4-10(13(16)17)9(5-11(7)14)12-3-2-8(6-15)18-12/h2-6H,1H3,(H,16,17). The van der Waals surface area contributed by atoms with Crippen molar-refractivity contribution in [3.63, 3.8) is 0 Å². The van der Waals surface area contributed by atoms with Gasteiger partial charge in [0.25, 0.3) is 0 Å². The Bertz CT molecular complexity index is 628. The summed E-state index contributed by atoms with van der Waals surface area (Å²) >= 11 is 5.98. The van der Waals surface area contributed by atoms with E-state index in [2.05, 4.69) is 0 Å². The number of carboxylic acid groups (broad SMARTS) is 1. The van der Waals surface area contributed by atoms with Gasteiger partial charge in [-0.15, -0.1) is 0 Å². The quantitative estimate of drug-likeness (QED) is 0.863. The highest BCUT2D eigenvalue weighted by Gasteiger charge is 2.16. The van der Waals surface area contributed by atoms with Crippen LogP contribution in [0.4, 0.5) is 0 Å². The summed E-state index contributed by atoms with van der Waals surface area (Å²) in [4.78, 5) is 21.7. The number of carbonyl (C=O) groups is 2. The zero-order valence-electron chi connectivity index (χ0n) is 9.44. The number of aryl methyl sites for hydroxylation is 1. The minimum absolute atomic E-state index is 0.0868. The van der Waals surface area contributed by atoms with E-state index in [9.17, 15) is 9.59 Å². The normalized spacial score (nSPS) is 10.3. The zero-order valence-corrected chi connectivity index (χ0v) is 10.2. The molecule has 0 spiro atoms. The van der Waals surface area contributed by atoms with E-state index in [0.29, 0.717) is 28.2 Å². The Labute approximate surface area is 108 Å². The third-order valence-corrected chi connectivity index (χ3v) is 2.94. The van der Waals surface area contributed by atoms with Crippen molar-refractivity contribution >= 4 is 23.9 Å². The predicted molar refractivity (Wildman–Crippen MR) is 66.2 cm³/mol. The van der Waals surface area contributed by atoms with Crippen LogP contribution in [0.3, 0.4) is 0 Å². The molecule has 0 bridgehead atoms. The van der Waals surface area contributed by atoms with Gasteiger partial charge in [0.15, 0.2) is 12.0 Å². The summed E-state index contributed by atoms with van der Waals surface area (Å²) < 4.78 is 5.21. The van der Waals surface area contributed by atoms with Gasteiger partial charge in [0.1, 0.15) is 5.76 Å². The van der Waals surface area contributed by atoms with Crippen LogP contribution < -0.4 is 0 Å².